The number of carbonyl (C=O) groups is 1. The molecule has 0 aromatic rings. The fourth-order valence-corrected chi connectivity index (χ4v) is 6.05. The maximum absolute atomic E-state index is 13.0. The monoisotopic (exact) mass is 417 g/mol. The Bertz CT molecular complexity index is 584. The highest BCUT2D eigenvalue weighted by atomic mass is 35.5. The summed E-state index contributed by atoms with van der Waals surface area (Å²) < 4.78 is 23.7. The summed E-state index contributed by atoms with van der Waals surface area (Å²) in [5, 5.41) is 3.33. The van der Waals surface area contributed by atoms with Gasteiger partial charge in [0.25, 0.3) is 0 Å². The van der Waals surface area contributed by atoms with E-state index in [9.17, 15) is 9.36 Å². The van der Waals surface area contributed by atoms with E-state index in [1.165, 1.54) is 6.42 Å². The van der Waals surface area contributed by atoms with Crippen LogP contribution in [0.4, 0.5) is 0 Å². The van der Waals surface area contributed by atoms with Gasteiger partial charge in [-0.25, -0.2) is 7.94 Å². The van der Waals surface area contributed by atoms with Gasteiger partial charge in [-0.1, -0.05) is 37.0 Å². The number of rotatable bonds is 9. The number of halogens is 2. The van der Waals surface area contributed by atoms with Crippen LogP contribution in [0.2, 0.25) is 0 Å². The molecular weight excluding hydrogens is 402 g/mol. The molecule has 0 aromatic carbocycles. The minimum atomic E-state index is -3.64. The number of ketones is 1. The standard InChI is InChI=1S/C12H16Cl2N2O4PS2/c1-3-22-19-21(18,20-23-4-2)10-6-5-8(9(17)7-16-15)11(13)12(10)14/h5,7H,3-4,6,15H2,1-2H3. The number of Topliss-reactive ketones (excluding diaryl/α,β-unsaturated/α-hetero) is 1. The first kappa shape index (κ1) is 21.1. The Hall–Kier alpha value is 0.0500. The molecule has 0 saturated carbocycles. The highest BCUT2D eigenvalue weighted by Gasteiger charge is 2.38. The number of allylic oxidation sites excluding steroid dienone is 4. The zero-order valence-electron chi connectivity index (χ0n) is 12.5. The molecule has 0 heterocycles. The van der Waals surface area contributed by atoms with Crippen molar-refractivity contribution < 1.29 is 17.3 Å². The molecule has 1 radical (unpaired) electrons. The molecule has 0 aromatic heterocycles. The third-order valence-electron chi connectivity index (χ3n) is 2.51. The molecule has 0 spiro atoms. The molecule has 11 heteroatoms. The number of carbonyl (C=O) groups excluding carboxylic acids is 1. The van der Waals surface area contributed by atoms with E-state index < -0.39 is 13.4 Å². The van der Waals surface area contributed by atoms with Crippen molar-refractivity contribution >= 4 is 66.9 Å². The van der Waals surface area contributed by atoms with Gasteiger partial charge in [0, 0.05) is 47.6 Å². The number of nitrogens with zero attached hydrogens (tertiary/aromatic N) is 1. The predicted octanol–water partition coefficient (Wildman–Crippen LogP) is 4.61. The molecule has 0 amide bonds. The third-order valence-corrected chi connectivity index (χ3v) is 7.50. The van der Waals surface area contributed by atoms with Crippen molar-refractivity contribution in [1.82, 2.24) is 0 Å². The van der Waals surface area contributed by atoms with E-state index in [4.69, 9.17) is 37.0 Å². The zero-order chi connectivity index (χ0) is 17.5. The van der Waals surface area contributed by atoms with E-state index in [-0.39, 0.29) is 27.4 Å². The van der Waals surface area contributed by atoms with Gasteiger partial charge in [0.15, 0.2) is 0 Å². The number of hydrogen-bond donors (Lipinski definition) is 1. The van der Waals surface area contributed by atoms with Crippen LogP contribution in [0, 0.1) is 6.42 Å². The summed E-state index contributed by atoms with van der Waals surface area (Å²) in [5.41, 5.74) is 0.146. The lowest BCUT2D eigenvalue weighted by Gasteiger charge is -2.23. The van der Waals surface area contributed by atoms with Gasteiger partial charge < -0.3 is 5.84 Å². The van der Waals surface area contributed by atoms with Crippen molar-refractivity contribution in [1.29, 1.82) is 0 Å². The minimum Gasteiger partial charge on any atom is -0.323 e. The average Bonchev–Trinajstić information content (AvgIpc) is 2.53. The molecule has 6 nitrogen and oxygen atoms in total. The highest BCUT2D eigenvalue weighted by Crippen LogP contribution is 2.65. The highest BCUT2D eigenvalue weighted by molar-refractivity contribution is 8.02. The maximum Gasteiger partial charge on any atom is 0.380 e. The molecule has 1 rings (SSSR count). The van der Waals surface area contributed by atoms with Crippen LogP contribution in [0.5, 0.6) is 0 Å². The van der Waals surface area contributed by atoms with Crippen LogP contribution in [-0.2, 0) is 17.3 Å². The molecule has 0 aliphatic heterocycles. The number of hydrazone groups is 1. The van der Waals surface area contributed by atoms with E-state index in [2.05, 4.69) is 5.10 Å². The third kappa shape index (κ3) is 5.53. The van der Waals surface area contributed by atoms with Gasteiger partial charge in [-0.05, 0) is 6.42 Å². The van der Waals surface area contributed by atoms with Crippen molar-refractivity contribution in [2.45, 2.75) is 20.3 Å². The zero-order valence-corrected chi connectivity index (χ0v) is 16.5. The summed E-state index contributed by atoms with van der Waals surface area (Å²) in [6.45, 7) is 3.70. The largest absolute Gasteiger partial charge is 0.380 e. The van der Waals surface area contributed by atoms with Crippen molar-refractivity contribution in [3.05, 3.63) is 27.4 Å². The van der Waals surface area contributed by atoms with Gasteiger partial charge in [0.05, 0.1) is 21.6 Å². The van der Waals surface area contributed by atoms with Crippen LogP contribution in [-0.4, -0.2) is 23.5 Å². The molecule has 2 N–H and O–H groups in total. The second-order valence-electron chi connectivity index (χ2n) is 4.00. The molecular formula is C12H16Cl2N2O4PS2. The van der Waals surface area contributed by atoms with E-state index in [0.717, 1.165) is 30.3 Å². The smallest absolute Gasteiger partial charge is 0.323 e. The predicted molar refractivity (Wildman–Crippen MR) is 98.4 cm³/mol. The Morgan fingerprint density at radius 2 is 1.91 bits per heavy atom. The summed E-state index contributed by atoms with van der Waals surface area (Å²) in [4.78, 5) is 11.8. The van der Waals surface area contributed by atoms with Crippen molar-refractivity contribution in [3.8, 4) is 0 Å². The topological polar surface area (TPSA) is 91.0 Å². The summed E-state index contributed by atoms with van der Waals surface area (Å²) in [6, 6.07) is 0. The van der Waals surface area contributed by atoms with Gasteiger partial charge in [-0.15, -0.1) is 0 Å². The van der Waals surface area contributed by atoms with Crippen molar-refractivity contribution in [3.63, 3.8) is 0 Å². The Morgan fingerprint density at radius 3 is 2.39 bits per heavy atom. The lowest BCUT2D eigenvalue weighted by Crippen LogP contribution is -2.12. The molecule has 0 bridgehead atoms. The molecule has 23 heavy (non-hydrogen) atoms. The average molecular weight is 418 g/mol. The second kappa shape index (κ2) is 10.1. The van der Waals surface area contributed by atoms with Crippen LogP contribution in [0.1, 0.15) is 20.3 Å². The first-order valence-electron chi connectivity index (χ1n) is 6.53. The first-order valence-corrected chi connectivity index (χ1v) is 10.7. The Kier molecular flexibility index (Phi) is 9.29. The Balaban J connectivity index is 3.22. The first-order chi connectivity index (χ1) is 10.9. The molecule has 129 valence electrons. The van der Waals surface area contributed by atoms with Crippen LogP contribution in [0.3, 0.4) is 0 Å². The van der Waals surface area contributed by atoms with Crippen LogP contribution in [0.25, 0.3) is 0 Å². The van der Waals surface area contributed by atoms with Gasteiger partial charge in [0.1, 0.15) is 0 Å². The molecule has 0 saturated heterocycles. The van der Waals surface area contributed by atoms with Gasteiger partial charge in [-0.2, -0.15) is 5.10 Å². The van der Waals surface area contributed by atoms with E-state index >= 15 is 0 Å². The molecule has 0 fully saturated rings. The van der Waals surface area contributed by atoms with E-state index in [1.54, 1.807) is 0 Å². The summed E-state index contributed by atoms with van der Waals surface area (Å²) in [6.07, 6.45) is 2.54. The van der Waals surface area contributed by atoms with Gasteiger partial charge >= 0.3 is 7.60 Å². The Labute approximate surface area is 154 Å². The maximum atomic E-state index is 13.0. The van der Waals surface area contributed by atoms with Crippen molar-refractivity contribution in [2.24, 2.45) is 10.9 Å². The molecule has 1 aliphatic carbocycles. The SMILES string of the molecule is CCSOP(=O)(OSCC)C1=C(Cl)C(Cl)=C(C(=O)C=NN)[CH]C1. The van der Waals surface area contributed by atoms with Crippen LogP contribution in [0.15, 0.2) is 26.1 Å². The summed E-state index contributed by atoms with van der Waals surface area (Å²) in [7, 11) is -3.64. The van der Waals surface area contributed by atoms with E-state index in [0.29, 0.717) is 11.5 Å². The fourth-order valence-electron chi connectivity index (χ4n) is 1.55. The summed E-state index contributed by atoms with van der Waals surface area (Å²) in [5.74, 6) is 5.63. The number of nitrogens with two attached hydrogens (primary N) is 1. The van der Waals surface area contributed by atoms with E-state index in [1.807, 2.05) is 13.8 Å². The Morgan fingerprint density at radius 1 is 1.35 bits per heavy atom. The normalized spacial score (nSPS) is 16.5. The van der Waals surface area contributed by atoms with Crippen LogP contribution < -0.4 is 5.84 Å². The van der Waals surface area contributed by atoms with Gasteiger partial charge in [0.2, 0.25) is 5.78 Å². The molecule has 0 atom stereocenters. The quantitative estimate of drug-likeness (QED) is 0.192. The molecule has 1 aliphatic rings. The summed E-state index contributed by atoms with van der Waals surface area (Å²) >= 11 is 14.3. The van der Waals surface area contributed by atoms with Gasteiger partial charge in [-0.3, -0.25) is 9.36 Å². The van der Waals surface area contributed by atoms with Crippen molar-refractivity contribution in [2.75, 3.05) is 11.5 Å². The minimum absolute atomic E-state index is 0.0142. The molecule has 0 unspecified atom stereocenters. The fraction of sp³-hybridized carbons (Fsp3) is 0.417. The second-order valence-corrected chi connectivity index (χ2v) is 9.11. The van der Waals surface area contributed by atoms with Crippen LogP contribution >= 0.6 is 54.9 Å². The lowest BCUT2D eigenvalue weighted by atomic mass is 10.0. The number of hydrogen-bond acceptors (Lipinski definition) is 8. The lowest BCUT2D eigenvalue weighted by molar-refractivity contribution is -0.109.